The van der Waals surface area contributed by atoms with Crippen molar-refractivity contribution < 1.29 is 0 Å². The SMILES string of the molecule is c1ccc(-c2nc3ccccc3cc2-c2ccc3c(c2)N(c2ccccc2)c2ccccc2C32c3ccccc3-c3ccccc32)cc1. The van der Waals surface area contributed by atoms with E-state index in [-0.39, 0.29) is 0 Å². The summed E-state index contributed by atoms with van der Waals surface area (Å²) in [4.78, 5) is 7.72. The van der Waals surface area contributed by atoms with E-state index in [1.165, 1.54) is 44.8 Å². The molecule has 0 atom stereocenters. The second-order valence-electron chi connectivity index (χ2n) is 12.7. The summed E-state index contributed by atoms with van der Waals surface area (Å²) in [6, 6.07) is 66.2. The van der Waals surface area contributed by atoms with Gasteiger partial charge in [-0.3, -0.25) is 0 Å². The van der Waals surface area contributed by atoms with Crippen molar-refractivity contribution in [1.82, 2.24) is 4.98 Å². The zero-order chi connectivity index (χ0) is 31.7. The van der Waals surface area contributed by atoms with Gasteiger partial charge < -0.3 is 4.90 Å². The first-order valence-corrected chi connectivity index (χ1v) is 16.6. The van der Waals surface area contributed by atoms with Crippen LogP contribution in [0.1, 0.15) is 22.3 Å². The standard InChI is InChI=1S/C46H30N2/c1-3-15-31(16-4-1)45-37(29-33-17-7-13-25-42(33)47-45)32-27-28-41-44(30-32)48(34-18-5-2-6-19-34)43-26-14-12-24-40(43)46(41)38-22-10-8-20-35(38)36-21-9-11-23-39(36)46/h1-30H. The Balaban J connectivity index is 1.32. The van der Waals surface area contributed by atoms with Crippen molar-refractivity contribution in [2.45, 2.75) is 5.41 Å². The number of anilines is 3. The van der Waals surface area contributed by atoms with Crippen LogP contribution in [0.25, 0.3) is 44.4 Å². The van der Waals surface area contributed by atoms with E-state index in [1.54, 1.807) is 0 Å². The summed E-state index contributed by atoms with van der Waals surface area (Å²) in [7, 11) is 0. The van der Waals surface area contributed by atoms with Crippen LogP contribution < -0.4 is 4.90 Å². The van der Waals surface area contributed by atoms with Crippen LogP contribution in [0.3, 0.4) is 0 Å². The smallest absolute Gasteiger partial charge is 0.0788 e. The molecule has 0 N–H and O–H groups in total. The second-order valence-corrected chi connectivity index (χ2v) is 12.7. The molecule has 48 heavy (non-hydrogen) atoms. The molecular weight excluding hydrogens is 581 g/mol. The van der Waals surface area contributed by atoms with Crippen LogP contribution in [0.5, 0.6) is 0 Å². The van der Waals surface area contributed by atoms with Gasteiger partial charge in [0.1, 0.15) is 0 Å². The third kappa shape index (κ3) is 3.72. The molecule has 0 saturated heterocycles. The Bertz CT molecular complexity index is 2470. The molecule has 2 heteroatoms. The number of para-hydroxylation sites is 3. The van der Waals surface area contributed by atoms with Crippen LogP contribution in [0, 0.1) is 0 Å². The molecule has 10 rings (SSSR count). The van der Waals surface area contributed by atoms with E-state index < -0.39 is 5.41 Å². The third-order valence-corrected chi connectivity index (χ3v) is 10.2. The average molecular weight is 611 g/mol. The van der Waals surface area contributed by atoms with Crippen LogP contribution in [0.4, 0.5) is 17.1 Å². The fourth-order valence-electron chi connectivity index (χ4n) is 8.28. The molecule has 2 heterocycles. The first kappa shape index (κ1) is 26.9. The van der Waals surface area contributed by atoms with Gasteiger partial charge in [0.05, 0.1) is 28.0 Å². The number of hydrogen-bond donors (Lipinski definition) is 0. The Kier molecular flexibility index (Phi) is 5.82. The molecule has 0 saturated carbocycles. The van der Waals surface area contributed by atoms with E-state index >= 15 is 0 Å². The fraction of sp³-hybridized carbons (Fsp3) is 0.0217. The average Bonchev–Trinajstić information content (AvgIpc) is 3.46. The van der Waals surface area contributed by atoms with E-state index in [1.807, 2.05) is 0 Å². The number of nitrogens with zero attached hydrogens (tertiary/aromatic N) is 2. The highest BCUT2D eigenvalue weighted by Crippen LogP contribution is 2.63. The zero-order valence-electron chi connectivity index (χ0n) is 26.2. The van der Waals surface area contributed by atoms with Gasteiger partial charge in [-0.05, 0) is 75.3 Å². The molecule has 0 amide bonds. The van der Waals surface area contributed by atoms with Gasteiger partial charge in [0, 0.05) is 22.2 Å². The van der Waals surface area contributed by atoms with Gasteiger partial charge in [0.25, 0.3) is 0 Å². The first-order chi connectivity index (χ1) is 23.8. The molecule has 0 fully saturated rings. The number of fused-ring (bicyclic) bond motifs is 10. The van der Waals surface area contributed by atoms with Gasteiger partial charge in [-0.2, -0.15) is 0 Å². The lowest BCUT2D eigenvalue weighted by atomic mass is 9.64. The normalized spacial score (nSPS) is 13.5. The van der Waals surface area contributed by atoms with Crippen molar-refractivity contribution in [3.63, 3.8) is 0 Å². The highest BCUT2D eigenvalue weighted by Gasteiger charge is 2.51. The van der Waals surface area contributed by atoms with Gasteiger partial charge in [-0.25, -0.2) is 4.98 Å². The van der Waals surface area contributed by atoms with E-state index in [2.05, 4.69) is 187 Å². The first-order valence-electron chi connectivity index (χ1n) is 16.6. The van der Waals surface area contributed by atoms with Crippen LogP contribution in [-0.4, -0.2) is 4.98 Å². The number of benzene rings is 7. The molecule has 1 aliphatic heterocycles. The minimum absolute atomic E-state index is 0.465. The highest BCUT2D eigenvalue weighted by molar-refractivity contribution is 5.98. The molecule has 1 aromatic heterocycles. The lowest BCUT2D eigenvalue weighted by molar-refractivity contribution is 0.753. The van der Waals surface area contributed by atoms with E-state index in [9.17, 15) is 0 Å². The summed E-state index contributed by atoms with van der Waals surface area (Å²) in [5.74, 6) is 0. The highest BCUT2D eigenvalue weighted by atomic mass is 15.2. The number of rotatable bonds is 3. The van der Waals surface area contributed by atoms with Gasteiger partial charge >= 0.3 is 0 Å². The molecule has 0 bridgehead atoms. The van der Waals surface area contributed by atoms with Crippen molar-refractivity contribution >= 4 is 28.0 Å². The summed E-state index contributed by atoms with van der Waals surface area (Å²) < 4.78 is 0. The minimum atomic E-state index is -0.465. The molecule has 1 aliphatic carbocycles. The second kappa shape index (κ2) is 10.4. The number of pyridine rings is 1. The maximum Gasteiger partial charge on any atom is 0.0788 e. The van der Waals surface area contributed by atoms with Crippen LogP contribution >= 0.6 is 0 Å². The quantitative estimate of drug-likeness (QED) is 0.198. The lowest BCUT2D eigenvalue weighted by Crippen LogP contribution is -2.36. The Morgan fingerprint density at radius 1 is 0.396 bits per heavy atom. The summed E-state index contributed by atoms with van der Waals surface area (Å²) in [6.45, 7) is 0. The summed E-state index contributed by atoms with van der Waals surface area (Å²) in [5.41, 5.74) is 16.2. The topological polar surface area (TPSA) is 16.1 Å². The largest absolute Gasteiger partial charge is 0.310 e. The Morgan fingerprint density at radius 2 is 0.979 bits per heavy atom. The molecule has 0 unspecified atom stereocenters. The van der Waals surface area contributed by atoms with Crippen molar-refractivity contribution in [3.8, 4) is 33.5 Å². The Hall–Kier alpha value is -6.25. The summed E-state index contributed by atoms with van der Waals surface area (Å²) >= 11 is 0. The number of hydrogen-bond acceptors (Lipinski definition) is 2. The minimum Gasteiger partial charge on any atom is -0.310 e. The van der Waals surface area contributed by atoms with Crippen molar-refractivity contribution in [2.75, 3.05) is 4.90 Å². The molecule has 2 aliphatic rings. The van der Waals surface area contributed by atoms with Crippen molar-refractivity contribution in [2.24, 2.45) is 0 Å². The third-order valence-electron chi connectivity index (χ3n) is 10.2. The molecule has 8 aromatic rings. The molecular formula is C46H30N2. The Morgan fingerprint density at radius 3 is 1.73 bits per heavy atom. The van der Waals surface area contributed by atoms with Crippen LogP contribution in [0.2, 0.25) is 0 Å². The van der Waals surface area contributed by atoms with Crippen LogP contribution in [0.15, 0.2) is 182 Å². The molecule has 1 spiro atoms. The molecule has 7 aromatic carbocycles. The fourth-order valence-corrected chi connectivity index (χ4v) is 8.28. The predicted molar refractivity (Wildman–Crippen MR) is 198 cm³/mol. The Labute approximate surface area is 280 Å². The van der Waals surface area contributed by atoms with E-state index in [0.29, 0.717) is 0 Å². The van der Waals surface area contributed by atoms with Gasteiger partial charge in [-0.15, -0.1) is 0 Å². The summed E-state index contributed by atoms with van der Waals surface area (Å²) in [5, 5.41) is 1.13. The van der Waals surface area contributed by atoms with E-state index in [4.69, 9.17) is 4.98 Å². The zero-order valence-corrected chi connectivity index (χ0v) is 26.2. The molecule has 0 radical (unpaired) electrons. The van der Waals surface area contributed by atoms with Gasteiger partial charge in [-0.1, -0.05) is 146 Å². The van der Waals surface area contributed by atoms with Crippen molar-refractivity contribution in [3.05, 3.63) is 204 Å². The molecule has 2 nitrogen and oxygen atoms in total. The maximum atomic E-state index is 5.26. The molecule has 224 valence electrons. The van der Waals surface area contributed by atoms with E-state index in [0.717, 1.165) is 39.0 Å². The monoisotopic (exact) mass is 610 g/mol. The van der Waals surface area contributed by atoms with Crippen LogP contribution in [-0.2, 0) is 5.41 Å². The summed E-state index contributed by atoms with van der Waals surface area (Å²) in [6.07, 6.45) is 0. The number of aromatic nitrogens is 1. The maximum absolute atomic E-state index is 5.26. The predicted octanol–water partition coefficient (Wildman–Crippen LogP) is 11.7. The van der Waals surface area contributed by atoms with Gasteiger partial charge in [0.15, 0.2) is 0 Å². The lowest BCUT2D eigenvalue weighted by Gasteiger charge is -2.45. The van der Waals surface area contributed by atoms with Gasteiger partial charge in [0.2, 0.25) is 0 Å². The van der Waals surface area contributed by atoms with Crippen molar-refractivity contribution in [1.29, 1.82) is 0 Å².